The summed E-state index contributed by atoms with van der Waals surface area (Å²) in [5.41, 5.74) is -0.776. The highest BCUT2D eigenvalue weighted by Crippen LogP contribution is 2.40. The number of benzene rings is 3. The Bertz CT molecular complexity index is 1190. The summed E-state index contributed by atoms with van der Waals surface area (Å²) >= 11 is 0. The second kappa shape index (κ2) is 8.99. The second-order valence-electron chi connectivity index (χ2n) is 7.83. The highest BCUT2D eigenvalue weighted by molar-refractivity contribution is 6.21. The van der Waals surface area contributed by atoms with E-state index in [-0.39, 0.29) is 29.7 Å². The van der Waals surface area contributed by atoms with E-state index in [0.717, 1.165) is 4.90 Å². The number of methoxy groups -OCH3 is 2. The molecule has 1 aliphatic heterocycles. The molecule has 1 saturated heterocycles. The Morgan fingerprint density at radius 1 is 0.794 bits per heavy atom. The molecule has 0 atom stereocenters. The van der Waals surface area contributed by atoms with E-state index >= 15 is 0 Å². The predicted octanol–water partition coefficient (Wildman–Crippen LogP) is 3.34. The van der Waals surface area contributed by atoms with Gasteiger partial charge in [0.15, 0.2) is 0 Å². The number of aliphatic hydroxyl groups is 1. The van der Waals surface area contributed by atoms with E-state index in [1.807, 2.05) is 0 Å². The molecule has 0 aromatic heterocycles. The molecule has 0 saturated carbocycles. The van der Waals surface area contributed by atoms with Crippen molar-refractivity contribution in [1.29, 1.82) is 0 Å². The monoisotopic (exact) mass is 461 g/mol. The first-order valence-electron chi connectivity index (χ1n) is 10.5. The molecule has 4 rings (SSSR count). The van der Waals surface area contributed by atoms with Crippen LogP contribution in [0.5, 0.6) is 11.5 Å². The third kappa shape index (κ3) is 3.88. The minimum Gasteiger partial charge on any atom is -0.497 e. The van der Waals surface area contributed by atoms with Crippen molar-refractivity contribution in [2.75, 3.05) is 19.1 Å². The average Bonchev–Trinajstić information content (AvgIpc) is 3.20. The number of hydrogen-bond acceptors (Lipinski definition) is 6. The van der Waals surface area contributed by atoms with Gasteiger partial charge in [0, 0.05) is 12.8 Å². The summed E-state index contributed by atoms with van der Waals surface area (Å²) in [7, 11) is 3.07. The molecule has 2 N–H and O–H groups in total. The van der Waals surface area contributed by atoms with Crippen LogP contribution in [0.2, 0.25) is 0 Å². The van der Waals surface area contributed by atoms with Crippen molar-refractivity contribution in [3.8, 4) is 11.5 Å². The number of ether oxygens (including phenoxy) is 2. The van der Waals surface area contributed by atoms with Gasteiger partial charge in [-0.25, -0.2) is 9.69 Å². The van der Waals surface area contributed by atoms with Gasteiger partial charge in [-0.1, -0.05) is 30.3 Å². The zero-order valence-corrected chi connectivity index (χ0v) is 18.6. The van der Waals surface area contributed by atoms with E-state index in [4.69, 9.17) is 9.47 Å². The number of carbonyl (C=O) groups excluding carboxylic acids is 2. The number of amides is 2. The van der Waals surface area contributed by atoms with E-state index in [2.05, 4.69) is 0 Å². The molecule has 3 aromatic rings. The maximum atomic E-state index is 12.4. The van der Waals surface area contributed by atoms with Crippen LogP contribution in [-0.4, -0.2) is 42.2 Å². The number of imide groups is 1. The molecule has 0 radical (unpaired) electrons. The third-order valence-corrected chi connectivity index (χ3v) is 5.95. The van der Waals surface area contributed by atoms with Gasteiger partial charge < -0.3 is 19.7 Å². The Labute approximate surface area is 196 Å². The number of anilines is 1. The van der Waals surface area contributed by atoms with Gasteiger partial charge in [0.25, 0.3) is 0 Å². The zero-order valence-electron chi connectivity index (χ0n) is 18.6. The molecule has 174 valence electrons. The van der Waals surface area contributed by atoms with Crippen molar-refractivity contribution >= 4 is 23.5 Å². The largest absolute Gasteiger partial charge is 0.497 e. The third-order valence-electron chi connectivity index (χ3n) is 5.95. The molecule has 0 aliphatic carbocycles. The Balaban J connectivity index is 1.95. The molecule has 34 heavy (non-hydrogen) atoms. The molecule has 1 aliphatic rings. The summed E-state index contributed by atoms with van der Waals surface area (Å²) in [6, 6.07) is 17.7. The van der Waals surface area contributed by atoms with E-state index in [1.165, 1.54) is 32.4 Å². The molecular formula is C26H23NO7. The highest BCUT2D eigenvalue weighted by Gasteiger charge is 2.38. The first kappa shape index (κ1) is 23.0. The van der Waals surface area contributed by atoms with Gasteiger partial charge in [0.05, 0.1) is 25.5 Å². The molecule has 1 heterocycles. The van der Waals surface area contributed by atoms with Crippen LogP contribution in [0.3, 0.4) is 0 Å². The van der Waals surface area contributed by atoms with Gasteiger partial charge in [-0.3, -0.25) is 9.59 Å². The Kier molecular flexibility index (Phi) is 6.08. The van der Waals surface area contributed by atoms with Crippen LogP contribution in [0.4, 0.5) is 5.69 Å². The highest BCUT2D eigenvalue weighted by atomic mass is 16.5. The van der Waals surface area contributed by atoms with Crippen molar-refractivity contribution < 1.29 is 34.1 Å². The first-order valence-corrected chi connectivity index (χ1v) is 10.5. The van der Waals surface area contributed by atoms with Crippen LogP contribution in [0.1, 0.15) is 39.9 Å². The number of hydrogen-bond donors (Lipinski definition) is 2. The zero-order chi connectivity index (χ0) is 24.5. The second-order valence-corrected chi connectivity index (χ2v) is 7.83. The van der Waals surface area contributed by atoms with Gasteiger partial charge in [-0.15, -0.1) is 0 Å². The number of carboxylic acid groups (broad SMARTS) is 1. The minimum atomic E-state index is -1.74. The van der Waals surface area contributed by atoms with E-state index in [9.17, 15) is 24.6 Å². The fourth-order valence-corrected chi connectivity index (χ4v) is 4.13. The van der Waals surface area contributed by atoms with Crippen molar-refractivity contribution in [2.24, 2.45) is 0 Å². The van der Waals surface area contributed by atoms with Crippen LogP contribution >= 0.6 is 0 Å². The average molecular weight is 461 g/mol. The minimum absolute atomic E-state index is 0.00332. The topological polar surface area (TPSA) is 113 Å². The first-order chi connectivity index (χ1) is 16.3. The normalized spacial score (nSPS) is 13.8. The quantitative estimate of drug-likeness (QED) is 0.410. The summed E-state index contributed by atoms with van der Waals surface area (Å²) in [6.07, 6.45) is 0.00664. The van der Waals surface area contributed by atoms with Gasteiger partial charge in [0.1, 0.15) is 17.1 Å². The number of nitrogens with zero attached hydrogens (tertiary/aromatic N) is 1. The van der Waals surface area contributed by atoms with Gasteiger partial charge in [-0.05, 0) is 53.1 Å². The Morgan fingerprint density at radius 3 is 1.65 bits per heavy atom. The van der Waals surface area contributed by atoms with Crippen LogP contribution in [-0.2, 0) is 15.2 Å². The van der Waals surface area contributed by atoms with Crippen LogP contribution in [0, 0.1) is 0 Å². The van der Waals surface area contributed by atoms with Gasteiger partial charge >= 0.3 is 5.97 Å². The lowest BCUT2D eigenvalue weighted by Crippen LogP contribution is -2.32. The molecule has 1 fully saturated rings. The summed E-state index contributed by atoms with van der Waals surface area (Å²) in [5, 5.41) is 21.9. The number of carbonyl (C=O) groups is 3. The lowest BCUT2D eigenvalue weighted by atomic mass is 9.79. The molecule has 0 unspecified atom stereocenters. The maximum absolute atomic E-state index is 12.4. The van der Waals surface area contributed by atoms with E-state index in [0.29, 0.717) is 22.6 Å². The van der Waals surface area contributed by atoms with E-state index in [1.54, 1.807) is 48.5 Å². The lowest BCUT2D eigenvalue weighted by Gasteiger charge is -2.31. The maximum Gasteiger partial charge on any atom is 0.337 e. The van der Waals surface area contributed by atoms with Crippen LogP contribution in [0.15, 0.2) is 66.7 Å². The molecule has 0 bridgehead atoms. The Morgan fingerprint density at radius 2 is 1.24 bits per heavy atom. The molecule has 8 heteroatoms. The molecular weight excluding hydrogens is 438 g/mol. The Hall–Kier alpha value is -4.17. The smallest absolute Gasteiger partial charge is 0.337 e. The van der Waals surface area contributed by atoms with Gasteiger partial charge in [-0.2, -0.15) is 0 Å². The number of carboxylic acids is 1. The number of rotatable bonds is 7. The molecule has 0 spiro atoms. The van der Waals surface area contributed by atoms with Crippen LogP contribution in [0.25, 0.3) is 0 Å². The van der Waals surface area contributed by atoms with Crippen LogP contribution < -0.4 is 14.4 Å². The van der Waals surface area contributed by atoms with Gasteiger partial charge in [0.2, 0.25) is 11.8 Å². The fraction of sp³-hybridized carbons (Fsp3) is 0.192. The summed E-state index contributed by atoms with van der Waals surface area (Å²) in [5.74, 6) is -1.07. The summed E-state index contributed by atoms with van der Waals surface area (Å²) in [6.45, 7) is 0. The fourth-order valence-electron chi connectivity index (χ4n) is 4.13. The number of aromatic carboxylic acids is 1. The molecule has 3 aromatic carbocycles. The summed E-state index contributed by atoms with van der Waals surface area (Å²) < 4.78 is 10.5. The van der Waals surface area contributed by atoms with Crippen molar-refractivity contribution in [3.05, 3.63) is 89.0 Å². The van der Waals surface area contributed by atoms with Crippen molar-refractivity contribution in [3.63, 3.8) is 0 Å². The molecule has 8 nitrogen and oxygen atoms in total. The van der Waals surface area contributed by atoms with Crippen molar-refractivity contribution in [1.82, 2.24) is 0 Å². The van der Waals surface area contributed by atoms with E-state index < -0.39 is 23.4 Å². The van der Waals surface area contributed by atoms with Crippen molar-refractivity contribution in [2.45, 2.75) is 18.4 Å². The predicted molar refractivity (Wildman–Crippen MR) is 123 cm³/mol. The lowest BCUT2D eigenvalue weighted by molar-refractivity contribution is -0.121. The SMILES string of the molecule is COc1ccc(C(O)(c2ccc(OC)cc2)c2ccc(C(=O)O)c(N3C(=O)CCC3=O)c2)cc1. The molecule has 2 amide bonds. The summed E-state index contributed by atoms with van der Waals surface area (Å²) in [4.78, 5) is 37.6. The standard InChI is InChI=1S/C26H23NO7/c1-33-19-8-3-16(4-9-19)26(32,17-5-10-20(34-2)11-6-17)18-7-12-21(25(30)31)22(15-18)27-23(28)13-14-24(27)29/h3-12,15,32H,13-14H2,1-2H3,(H,30,31).